The largest absolute Gasteiger partial charge is 0.481 e. The number of amides is 1. The molecule has 2 aliphatic heterocycles. The number of hydrogen-bond donors (Lipinski definition) is 1. The highest BCUT2D eigenvalue weighted by Crippen LogP contribution is 2.54. The van der Waals surface area contributed by atoms with E-state index in [2.05, 4.69) is 29.1 Å². The minimum absolute atomic E-state index is 0.0907. The minimum Gasteiger partial charge on any atom is -0.481 e. The number of aromatic nitrogens is 3. The zero-order valence-corrected chi connectivity index (χ0v) is 19.4. The fourth-order valence-electron chi connectivity index (χ4n) is 4.05. The van der Waals surface area contributed by atoms with Gasteiger partial charge in [-0.25, -0.2) is 15.0 Å². The van der Waals surface area contributed by atoms with Crippen LogP contribution in [0.4, 0.5) is 5.13 Å². The van der Waals surface area contributed by atoms with Gasteiger partial charge in [0.25, 0.3) is 5.91 Å². The molecule has 0 saturated heterocycles. The standard InChI is InChI=1S/C22H22N4O6S/c1-5-22(6-2)17-16(11-7-13-14(31-10-30-13)8-12(11)32-22)25-21(33-17)26-18(27)15-19(28-3)23-9-24-20(15)29-4/h7-9H,5-6,10H2,1-4H3,(H,25,26,27). The summed E-state index contributed by atoms with van der Waals surface area (Å²) >= 11 is 1.38. The van der Waals surface area contributed by atoms with Crippen LogP contribution in [-0.4, -0.2) is 41.9 Å². The van der Waals surface area contributed by atoms with Crippen LogP contribution < -0.4 is 29.0 Å². The van der Waals surface area contributed by atoms with Crippen molar-refractivity contribution in [2.45, 2.75) is 32.3 Å². The van der Waals surface area contributed by atoms with E-state index in [4.69, 9.17) is 28.7 Å². The Morgan fingerprint density at radius 2 is 1.76 bits per heavy atom. The maximum Gasteiger partial charge on any atom is 0.268 e. The highest BCUT2D eigenvalue weighted by Gasteiger charge is 2.42. The van der Waals surface area contributed by atoms with Crippen molar-refractivity contribution in [3.63, 3.8) is 0 Å². The summed E-state index contributed by atoms with van der Waals surface area (Å²) in [5.41, 5.74) is 1.07. The monoisotopic (exact) mass is 470 g/mol. The molecule has 33 heavy (non-hydrogen) atoms. The molecule has 4 heterocycles. The molecule has 172 valence electrons. The lowest BCUT2D eigenvalue weighted by atomic mass is 9.89. The van der Waals surface area contributed by atoms with Crippen molar-refractivity contribution < 1.29 is 28.5 Å². The second kappa shape index (κ2) is 8.07. The molecule has 1 aromatic carbocycles. The van der Waals surface area contributed by atoms with Crippen LogP contribution in [-0.2, 0) is 5.60 Å². The lowest BCUT2D eigenvalue weighted by Gasteiger charge is -2.36. The summed E-state index contributed by atoms with van der Waals surface area (Å²) in [6, 6.07) is 3.71. The molecule has 0 aliphatic carbocycles. The Bertz CT molecular complexity index is 1220. The Kier molecular flexibility index (Phi) is 5.20. The fraction of sp³-hybridized carbons (Fsp3) is 0.364. The first-order valence-corrected chi connectivity index (χ1v) is 11.2. The molecule has 0 unspecified atom stereocenters. The summed E-state index contributed by atoms with van der Waals surface area (Å²) in [5, 5.41) is 3.27. The van der Waals surface area contributed by atoms with Gasteiger partial charge in [-0.15, -0.1) is 0 Å². The first-order valence-electron chi connectivity index (χ1n) is 10.4. The predicted molar refractivity (Wildman–Crippen MR) is 120 cm³/mol. The lowest BCUT2D eigenvalue weighted by molar-refractivity contribution is 0.0580. The average Bonchev–Trinajstić information content (AvgIpc) is 3.48. The fourth-order valence-corrected chi connectivity index (χ4v) is 5.29. The number of carbonyl (C=O) groups excluding carboxylic acids is 1. The van der Waals surface area contributed by atoms with Crippen LogP contribution in [0.1, 0.15) is 41.9 Å². The topological polar surface area (TPSA) is 114 Å². The molecule has 1 N–H and O–H groups in total. The number of rotatable bonds is 6. The number of nitrogens with one attached hydrogen (secondary N) is 1. The smallest absolute Gasteiger partial charge is 0.268 e. The highest BCUT2D eigenvalue weighted by molar-refractivity contribution is 7.16. The maximum absolute atomic E-state index is 13.1. The van der Waals surface area contributed by atoms with Crippen molar-refractivity contribution >= 4 is 22.4 Å². The maximum atomic E-state index is 13.1. The third-order valence-electron chi connectivity index (χ3n) is 5.83. The number of ether oxygens (including phenoxy) is 5. The van der Waals surface area contributed by atoms with Crippen LogP contribution in [0.15, 0.2) is 18.5 Å². The van der Waals surface area contributed by atoms with Crippen molar-refractivity contribution in [3.05, 3.63) is 28.9 Å². The average molecular weight is 471 g/mol. The van der Waals surface area contributed by atoms with Crippen LogP contribution in [0, 0.1) is 0 Å². The Labute approximate surface area is 193 Å². The minimum atomic E-state index is -0.568. The van der Waals surface area contributed by atoms with Crippen molar-refractivity contribution in [3.8, 4) is 40.3 Å². The number of carbonyl (C=O) groups is 1. The molecule has 1 amide bonds. The second-order valence-corrected chi connectivity index (χ2v) is 8.42. The normalized spacial score (nSPS) is 14.7. The van der Waals surface area contributed by atoms with E-state index < -0.39 is 11.5 Å². The molecule has 0 fully saturated rings. The number of thiazole rings is 1. The molecule has 2 aliphatic rings. The zero-order valence-electron chi connectivity index (χ0n) is 18.6. The highest BCUT2D eigenvalue weighted by atomic mass is 32.1. The van der Waals surface area contributed by atoms with Crippen molar-refractivity contribution in [1.29, 1.82) is 0 Å². The summed E-state index contributed by atoms with van der Waals surface area (Å²) < 4.78 is 28.0. The molecule has 5 rings (SSSR count). The molecule has 0 saturated carbocycles. The van der Waals surface area contributed by atoms with Gasteiger partial charge < -0.3 is 23.7 Å². The van der Waals surface area contributed by atoms with Gasteiger partial charge in [-0.1, -0.05) is 25.2 Å². The van der Waals surface area contributed by atoms with Gasteiger partial charge >= 0.3 is 0 Å². The molecule has 11 heteroatoms. The number of methoxy groups -OCH3 is 2. The molecule has 10 nitrogen and oxygen atoms in total. The molecule has 0 bridgehead atoms. The molecule has 3 aromatic rings. The predicted octanol–water partition coefficient (Wildman–Crippen LogP) is 4.01. The Balaban J connectivity index is 1.58. The molecule has 0 spiro atoms. The third kappa shape index (κ3) is 3.30. The molecular formula is C22H22N4O6S. The quantitative estimate of drug-likeness (QED) is 0.571. The van der Waals surface area contributed by atoms with Gasteiger partial charge in [0.15, 0.2) is 22.2 Å². The van der Waals surface area contributed by atoms with Crippen LogP contribution in [0.2, 0.25) is 0 Å². The molecule has 2 aromatic heterocycles. The molecular weight excluding hydrogens is 448 g/mol. The van der Waals surface area contributed by atoms with Crippen LogP contribution in [0.3, 0.4) is 0 Å². The lowest BCUT2D eigenvalue weighted by Crippen LogP contribution is -2.33. The molecule has 0 atom stereocenters. The van der Waals surface area contributed by atoms with E-state index in [1.54, 1.807) is 0 Å². The number of anilines is 1. The van der Waals surface area contributed by atoms with E-state index in [-0.39, 0.29) is 24.1 Å². The number of benzene rings is 1. The Hall–Kier alpha value is -3.60. The van der Waals surface area contributed by atoms with Gasteiger partial charge in [-0.2, -0.15) is 0 Å². The number of nitrogens with zero attached hydrogens (tertiary/aromatic N) is 3. The van der Waals surface area contributed by atoms with Crippen molar-refractivity contribution in [2.75, 3.05) is 26.3 Å². The third-order valence-corrected chi connectivity index (χ3v) is 6.99. The Morgan fingerprint density at radius 1 is 1.09 bits per heavy atom. The molecule has 0 radical (unpaired) electrons. The summed E-state index contributed by atoms with van der Waals surface area (Å²) in [7, 11) is 2.85. The van der Waals surface area contributed by atoms with Gasteiger partial charge in [-0.3, -0.25) is 10.1 Å². The van der Waals surface area contributed by atoms with Crippen LogP contribution in [0.25, 0.3) is 11.3 Å². The second-order valence-electron chi connectivity index (χ2n) is 7.42. The van der Waals surface area contributed by atoms with Crippen LogP contribution in [0.5, 0.6) is 29.0 Å². The summed E-state index contributed by atoms with van der Waals surface area (Å²) in [4.78, 5) is 26.9. The Morgan fingerprint density at radius 3 is 2.39 bits per heavy atom. The summed E-state index contributed by atoms with van der Waals surface area (Å²) in [6.45, 7) is 4.31. The zero-order chi connectivity index (χ0) is 23.2. The van der Waals surface area contributed by atoms with Gasteiger partial charge in [0.05, 0.1) is 24.8 Å². The first-order chi connectivity index (χ1) is 16.0. The van der Waals surface area contributed by atoms with E-state index in [1.165, 1.54) is 31.9 Å². The van der Waals surface area contributed by atoms with Gasteiger partial charge in [0.1, 0.15) is 17.7 Å². The van der Waals surface area contributed by atoms with E-state index in [0.29, 0.717) is 22.4 Å². The number of hydrogen-bond acceptors (Lipinski definition) is 10. The van der Waals surface area contributed by atoms with Crippen LogP contribution >= 0.6 is 11.3 Å². The van der Waals surface area contributed by atoms with Gasteiger partial charge in [0, 0.05) is 11.6 Å². The first kappa shape index (κ1) is 21.3. The van der Waals surface area contributed by atoms with E-state index in [0.717, 1.165) is 29.0 Å². The summed E-state index contributed by atoms with van der Waals surface area (Å²) in [6.07, 6.45) is 2.73. The van der Waals surface area contributed by atoms with E-state index >= 15 is 0 Å². The van der Waals surface area contributed by atoms with Crippen molar-refractivity contribution in [1.82, 2.24) is 15.0 Å². The van der Waals surface area contributed by atoms with E-state index in [1.807, 2.05) is 12.1 Å². The number of fused-ring (bicyclic) bond motifs is 4. The summed E-state index contributed by atoms with van der Waals surface area (Å²) in [5.74, 6) is 1.69. The SMILES string of the molecule is CCC1(CC)Oc2cc3c(cc2-c2nc(NC(=O)c4c(OC)ncnc4OC)sc21)OCO3. The van der Waals surface area contributed by atoms with Crippen molar-refractivity contribution in [2.24, 2.45) is 0 Å². The van der Waals surface area contributed by atoms with E-state index in [9.17, 15) is 4.79 Å². The van der Waals surface area contributed by atoms with Gasteiger partial charge in [-0.05, 0) is 18.9 Å². The van der Waals surface area contributed by atoms with Gasteiger partial charge in [0.2, 0.25) is 18.6 Å².